The predicted molar refractivity (Wildman–Crippen MR) is 129 cm³/mol. The van der Waals surface area contributed by atoms with Crippen LogP contribution in [0.1, 0.15) is 27.9 Å². The molecule has 1 spiro atoms. The molecule has 0 unspecified atom stereocenters. The van der Waals surface area contributed by atoms with E-state index in [-0.39, 0.29) is 28.7 Å². The third-order valence-electron chi connectivity index (χ3n) is 6.80. The molecule has 2 fully saturated rings. The molecule has 6 nitrogen and oxygen atoms in total. The Bertz CT molecular complexity index is 1290. The average molecular weight is 511 g/mol. The van der Waals surface area contributed by atoms with Crippen LogP contribution >= 0.6 is 0 Å². The molecule has 3 aromatic carbocycles. The molecular formula is C28H25F3N2O4. The maximum absolute atomic E-state index is 12.8. The van der Waals surface area contributed by atoms with E-state index in [2.05, 4.69) is 0 Å². The van der Waals surface area contributed by atoms with Gasteiger partial charge in [0.05, 0.1) is 5.56 Å². The quantitative estimate of drug-likeness (QED) is 0.500. The molecule has 2 amide bonds. The Morgan fingerprint density at radius 3 is 2.05 bits per heavy atom. The molecule has 2 heterocycles. The summed E-state index contributed by atoms with van der Waals surface area (Å²) in [7, 11) is 0. The van der Waals surface area contributed by atoms with Crippen molar-refractivity contribution >= 4 is 11.8 Å². The van der Waals surface area contributed by atoms with Crippen molar-refractivity contribution in [1.82, 2.24) is 9.80 Å². The number of amides is 2. The lowest BCUT2D eigenvalue weighted by atomic mass is 9.72. The highest BCUT2D eigenvalue weighted by atomic mass is 19.4. The van der Waals surface area contributed by atoms with E-state index < -0.39 is 11.7 Å². The van der Waals surface area contributed by atoms with Crippen molar-refractivity contribution < 1.29 is 32.6 Å². The second-order valence-corrected chi connectivity index (χ2v) is 9.73. The van der Waals surface area contributed by atoms with Crippen LogP contribution in [-0.2, 0) is 17.4 Å². The number of rotatable bonds is 6. The van der Waals surface area contributed by atoms with Gasteiger partial charge in [-0.3, -0.25) is 9.59 Å². The Balaban J connectivity index is 1.07. The summed E-state index contributed by atoms with van der Waals surface area (Å²) in [4.78, 5) is 28.9. The molecule has 5 rings (SSSR count). The van der Waals surface area contributed by atoms with Gasteiger partial charge in [-0.25, -0.2) is 0 Å². The number of alkyl halides is 3. The minimum atomic E-state index is -4.41. The number of carbonyl (C=O) groups is 2. The van der Waals surface area contributed by atoms with Gasteiger partial charge in [0.25, 0.3) is 5.91 Å². The molecule has 0 saturated carbocycles. The molecule has 1 N–H and O–H groups in total. The first-order valence-corrected chi connectivity index (χ1v) is 11.9. The van der Waals surface area contributed by atoms with E-state index in [1.807, 2.05) is 11.0 Å². The molecule has 2 aliphatic heterocycles. The summed E-state index contributed by atoms with van der Waals surface area (Å²) >= 11 is 0. The van der Waals surface area contributed by atoms with E-state index in [4.69, 9.17) is 4.74 Å². The number of aryl methyl sites for hydroxylation is 1. The number of hydrogen-bond donors (Lipinski definition) is 1. The summed E-state index contributed by atoms with van der Waals surface area (Å²) in [6.07, 6.45) is -3.46. The highest BCUT2D eigenvalue weighted by molar-refractivity contribution is 5.95. The van der Waals surface area contributed by atoms with Crippen molar-refractivity contribution in [1.29, 1.82) is 0 Å². The molecule has 37 heavy (non-hydrogen) atoms. The van der Waals surface area contributed by atoms with Crippen LogP contribution in [0.15, 0.2) is 72.8 Å². The summed E-state index contributed by atoms with van der Waals surface area (Å²) < 4.78 is 43.7. The molecule has 0 atom stereocenters. The molecular weight excluding hydrogens is 485 g/mol. The molecule has 0 bridgehead atoms. The third kappa shape index (κ3) is 5.40. The van der Waals surface area contributed by atoms with E-state index >= 15 is 0 Å². The Kier molecular flexibility index (Phi) is 6.31. The van der Waals surface area contributed by atoms with Gasteiger partial charge in [-0.15, -0.1) is 0 Å². The second kappa shape index (κ2) is 9.46. The van der Waals surface area contributed by atoms with E-state index in [0.717, 1.165) is 17.7 Å². The third-order valence-corrected chi connectivity index (χ3v) is 6.80. The lowest BCUT2D eigenvalue weighted by Crippen LogP contribution is -2.73. The smallest absolute Gasteiger partial charge is 0.416 e. The number of phenols is 1. The van der Waals surface area contributed by atoms with E-state index in [1.54, 1.807) is 47.4 Å². The first-order chi connectivity index (χ1) is 17.6. The fraction of sp³-hybridized carbons (Fsp3) is 0.286. The summed E-state index contributed by atoms with van der Waals surface area (Å²) in [6, 6.07) is 17.8. The van der Waals surface area contributed by atoms with Gasteiger partial charge >= 0.3 is 6.18 Å². The summed E-state index contributed by atoms with van der Waals surface area (Å²) in [5.41, 5.74) is 0.621. The van der Waals surface area contributed by atoms with Crippen LogP contribution in [0.4, 0.5) is 13.2 Å². The van der Waals surface area contributed by atoms with Gasteiger partial charge in [0.2, 0.25) is 5.91 Å². The molecule has 2 saturated heterocycles. The minimum absolute atomic E-state index is 0.0397. The number of nitrogens with zero attached hydrogens (tertiary/aromatic N) is 2. The van der Waals surface area contributed by atoms with Crippen LogP contribution < -0.4 is 4.74 Å². The van der Waals surface area contributed by atoms with Crippen molar-refractivity contribution in [2.75, 3.05) is 26.2 Å². The largest absolute Gasteiger partial charge is 0.508 e. The van der Waals surface area contributed by atoms with Crippen molar-refractivity contribution in [3.63, 3.8) is 0 Å². The predicted octanol–water partition coefficient (Wildman–Crippen LogP) is 5.12. The fourth-order valence-corrected chi connectivity index (χ4v) is 4.86. The second-order valence-electron chi connectivity index (χ2n) is 9.73. The fourth-order valence-electron chi connectivity index (χ4n) is 4.86. The molecule has 0 aliphatic carbocycles. The van der Waals surface area contributed by atoms with Gasteiger partial charge in [0, 0.05) is 43.6 Å². The molecule has 192 valence electrons. The van der Waals surface area contributed by atoms with E-state index in [0.29, 0.717) is 50.3 Å². The first kappa shape index (κ1) is 24.7. The maximum atomic E-state index is 12.8. The molecule has 2 aliphatic rings. The van der Waals surface area contributed by atoms with Crippen LogP contribution in [0.2, 0.25) is 0 Å². The molecule has 0 aromatic heterocycles. The summed E-state index contributed by atoms with van der Waals surface area (Å²) in [6.45, 7) is 2.45. The Morgan fingerprint density at radius 2 is 1.46 bits per heavy atom. The highest BCUT2D eigenvalue weighted by Crippen LogP contribution is 2.40. The topological polar surface area (TPSA) is 70.1 Å². The first-order valence-electron chi connectivity index (χ1n) is 11.9. The van der Waals surface area contributed by atoms with Gasteiger partial charge in [-0.1, -0.05) is 12.1 Å². The van der Waals surface area contributed by atoms with Gasteiger partial charge in [0.15, 0.2) is 0 Å². The van der Waals surface area contributed by atoms with Crippen molar-refractivity contribution in [2.45, 2.75) is 19.0 Å². The van der Waals surface area contributed by atoms with E-state index in [1.165, 1.54) is 12.1 Å². The number of benzene rings is 3. The highest BCUT2D eigenvalue weighted by Gasteiger charge is 2.54. The standard InChI is InChI=1S/C28H25F3N2O4/c29-28(30,31)21-7-11-24(12-8-21)37-23-9-5-20(6-10-23)26(36)33-17-27(18-33)15-32(16-27)25(35)13-4-19-2-1-3-22(34)14-19/h1-3,5-12,14,34H,4,13,15-18H2. The van der Waals surface area contributed by atoms with Crippen LogP contribution in [0, 0.1) is 5.41 Å². The van der Waals surface area contributed by atoms with Crippen molar-refractivity contribution in [3.05, 3.63) is 89.5 Å². The summed E-state index contributed by atoms with van der Waals surface area (Å²) in [5.74, 6) is 0.828. The number of carbonyl (C=O) groups excluding carboxylic acids is 2. The number of hydrogen-bond acceptors (Lipinski definition) is 4. The SMILES string of the molecule is O=C(CCc1cccc(O)c1)N1CC2(C1)CN(C(=O)c1ccc(Oc3ccc(C(F)(F)F)cc3)cc1)C2. The van der Waals surface area contributed by atoms with Gasteiger partial charge in [-0.05, 0) is 72.6 Å². The number of aromatic hydroxyl groups is 1. The zero-order valence-corrected chi connectivity index (χ0v) is 19.9. The van der Waals surface area contributed by atoms with Crippen LogP contribution in [0.25, 0.3) is 0 Å². The van der Waals surface area contributed by atoms with Gasteiger partial charge < -0.3 is 19.6 Å². The van der Waals surface area contributed by atoms with Crippen LogP contribution in [-0.4, -0.2) is 52.9 Å². The number of halogens is 3. The molecule has 3 aromatic rings. The Hall–Kier alpha value is -4.01. The van der Waals surface area contributed by atoms with Crippen LogP contribution in [0.5, 0.6) is 17.2 Å². The summed E-state index contributed by atoms with van der Waals surface area (Å²) in [5, 5.41) is 9.54. The van der Waals surface area contributed by atoms with Gasteiger partial charge in [0.1, 0.15) is 17.2 Å². The maximum Gasteiger partial charge on any atom is 0.416 e. The number of likely N-dealkylation sites (tertiary alicyclic amines) is 2. The zero-order chi connectivity index (χ0) is 26.2. The Morgan fingerprint density at radius 1 is 0.865 bits per heavy atom. The van der Waals surface area contributed by atoms with E-state index in [9.17, 15) is 27.9 Å². The Labute approximate surface area is 211 Å². The number of phenolic OH excluding ortho intramolecular Hbond substituents is 1. The molecule has 9 heteroatoms. The lowest BCUT2D eigenvalue weighted by Gasteiger charge is -2.60. The number of ether oxygens (including phenoxy) is 1. The minimum Gasteiger partial charge on any atom is -0.508 e. The molecule has 0 radical (unpaired) electrons. The van der Waals surface area contributed by atoms with Crippen LogP contribution in [0.3, 0.4) is 0 Å². The van der Waals surface area contributed by atoms with Gasteiger partial charge in [-0.2, -0.15) is 13.2 Å². The van der Waals surface area contributed by atoms with Crippen molar-refractivity contribution in [3.8, 4) is 17.2 Å². The average Bonchev–Trinajstić information content (AvgIpc) is 2.81. The lowest BCUT2D eigenvalue weighted by molar-refractivity contribution is -0.154. The zero-order valence-electron chi connectivity index (χ0n) is 19.9. The monoisotopic (exact) mass is 510 g/mol. The van der Waals surface area contributed by atoms with Crippen molar-refractivity contribution in [2.24, 2.45) is 5.41 Å². The normalized spacial score (nSPS) is 16.2.